The minimum absolute atomic E-state index is 0.103. The van der Waals surface area contributed by atoms with Gasteiger partial charge in [0.2, 0.25) is 5.91 Å². The van der Waals surface area contributed by atoms with Crippen molar-refractivity contribution in [2.45, 2.75) is 13.0 Å². The average molecular weight is 315 g/mol. The zero-order chi connectivity index (χ0) is 15.4. The lowest BCUT2D eigenvalue weighted by molar-refractivity contribution is -0.120. The average Bonchev–Trinajstić information content (AvgIpc) is 3.17. The van der Waals surface area contributed by atoms with Crippen LogP contribution < -0.4 is 5.32 Å². The summed E-state index contributed by atoms with van der Waals surface area (Å²) in [5.41, 5.74) is 1.60. The molecular formula is C16H14FN3OS. The van der Waals surface area contributed by atoms with Crippen molar-refractivity contribution in [3.8, 4) is 5.13 Å². The van der Waals surface area contributed by atoms with E-state index in [0.717, 1.165) is 16.4 Å². The Hall–Kier alpha value is -2.47. The Kier molecular flexibility index (Phi) is 4.29. The van der Waals surface area contributed by atoms with Crippen LogP contribution in [0, 0.1) is 5.82 Å². The number of nitrogens with one attached hydrogen (secondary N) is 1. The van der Waals surface area contributed by atoms with Gasteiger partial charge in [-0.2, -0.15) is 0 Å². The quantitative estimate of drug-likeness (QED) is 0.787. The van der Waals surface area contributed by atoms with E-state index in [0.29, 0.717) is 6.54 Å². The fourth-order valence-corrected chi connectivity index (χ4v) is 2.78. The molecule has 0 bridgehead atoms. The van der Waals surface area contributed by atoms with Crippen molar-refractivity contribution in [3.63, 3.8) is 0 Å². The van der Waals surface area contributed by atoms with Gasteiger partial charge in [0.05, 0.1) is 12.1 Å². The summed E-state index contributed by atoms with van der Waals surface area (Å²) < 4.78 is 14.7. The van der Waals surface area contributed by atoms with Gasteiger partial charge in [-0.15, -0.1) is 11.3 Å². The van der Waals surface area contributed by atoms with E-state index in [1.807, 2.05) is 34.5 Å². The van der Waals surface area contributed by atoms with Crippen LogP contribution in [0.2, 0.25) is 0 Å². The third kappa shape index (κ3) is 3.59. The number of hydrogen-bond donors (Lipinski definition) is 1. The zero-order valence-electron chi connectivity index (χ0n) is 11.7. The lowest BCUT2D eigenvalue weighted by atomic mass is 10.2. The predicted molar refractivity (Wildman–Crippen MR) is 83.4 cm³/mol. The molecule has 1 amide bonds. The van der Waals surface area contributed by atoms with Crippen LogP contribution in [-0.4, -0.2) is 15.5 Å². The summed E-state index contributed by atoms with van der Waals surface area (Å²) in [5.74, 6) is -0.385. The number of rotatable bonds is 5. The van der Waals surface area contributed by atoms with Crippen molar-refractivity contribution in [3.05, 3.63) is 71.2 Å². The Bertz CT molecular complexity index is 750. The molecule has 0 fully saturated rings. The van der Waals surface area contributed by atoms with Crippen LogP contribution in [-0.2, 0) is 17.8 Å². The molecule has 1 aromatic carbocycles. The molecule has 0 radical (unpaired) electrons. The molecule has 3 rings (SSSR count). The number of benzene rings is 1. The summed E-state index contributed by atoms with van der Waals surface area (Å²) in [4.78, 5) is 16.4. The standard InChI is InChI=1S/C16H14FN3OS/c17-13-5-3-12(4-6-13)10-18-15(21)9-14-11-22-16(19-14)20-7-1-2-8-20/h1-8,11H,9-10H2,(H,18,21). The highest BCUT2D eigenvalue weighted by atomic mass is 32.1. The molecule has 0 aliphatic rings. The van der Waals surface area contributed by atoms with E-state index in [-0.39, 0.29) is 18.1 Å². The van der Waals surface area contributed by atoms with Gasteiger partial charge in [-0.25, -0.2) is 9.37 Å². The Morgan fingerprint density at radius 1 is 1.23 bits per heavy atom. The fourth-order valence-electron chi connectivity index (χ4n) is 1.99. The molecule has 0 aliphatic heterocycles. The van der Waals surface area contributed by atoms with Crippen LogP contribution in [0.1, 0.15) is 11.3 Å². The zero-order valence-corrected chi connectivity index (χ0v) is 12.5. The highest BCUT2D eigenvalue weighted by molar-refractivity contribution is 7.12. The topological polar surface area (TPSA) is 46.9 Å². The Morgan fingerprint density at radius 2 is 1.95 bits per heavy atom. The van der Waals surface area contributed by atoms with E-state index in [4.69, 9.17) is 0 Å². The molecule has 0 saturated heterocycles. The number of amides is 1. The van der Waals surface area contributed by atoms with E-state index in [2.05, 4.69) is 10.3 Å². The molecule has 0 atom stereocenters. The van der Waals surface area contributed by atoms with Crippen molar-refractivity contribution < 1.29 is 9.18 Å². The van der Waals surface area contributed by atoms with Crippen molar-refractivity contribution >= 4 is 17.2 Å². The predicted octanol–water partition coefficient (Wildman–Crippen LogP) is 2.93. The van der Waals surface area contributed by atoms with Crippen molar-refractivity contribution in [2.24, 2.45) is 0 Å². The van der Waals surface area contributed by atoms with Crippen LogP contribution in [0.15, 0.2) is 54.2 Å². The first-order valence-corrected chi connectivity index (χ1v) is 7.67. The number of thiazole rings is 1. The summed E-state index contributed by atoms with van der Waals surface area (Å²) >= 11 is 1.50. The second kappa shape index (κ2) is 6.53. The Morgan fingerprint density at radius 3 is 2.68 bits per heavy atom. The number of nitrogens with zero attached hydrogens (tertiary/aromatic N) is 2. The number of hydrogen-bond acceptors (Lipinski definition) is 3. The van der Waals surface area contributed by atoms with Crippen molar-refractivity contribution in [1.29, 1.82) is 0 Å². The number of aromatic nitrogens is 2. The molecule has 2 aromatic heterocycles. The molecule has 4 nitrogen and oxygen atoms in total. The molecular weight excluding hydrogens is 301 g/mol. The smallest absolute Gasteiger partial charge is 0.226 e. The minimum Gasteiger partial charge on any atom is -0.352 e. The van der Waals surface area contributed by atoms with Crippen LogP contribution in [0.25, 0.3) is 5.13 Å². The fraction of sp³-hybridized carbons (Fsp3) is 0.125. The third-order valence-electron chi connectivity index (χ3n) is 3.11. The lowest BCUT2D eigenvalue weighted by Gasteiger charge is -2.04. The van der Waals surface area contributed by atoms with Crippen molar-refractivity contribution in [2.75, 3.05) is 0 Å². The molecule has 6 heteroatoms. The Balaban J connectivity index is 1.54. The van der Waals surface area contributed by atoms with Gasteiger partial charge in [0.15, 0.2) is 5.13 Å². The molecule has 1 N–H and O–H groups in total. The molecule has 112 valence electrons. The van der Waals surface area contributed by atoms with E-state index in [1.165, 1.54) is 23.5 Å². The Labute approximate surface area is 131 Å². The van der Waals surface area contributed by atoms with Gasteiger partial charge in [0.1, 0.15) is 5.82 Å². The highest BCUT2D eigenvalue weighted by Crippen LogP contribution is 2.15. The summed E-state index contributed by atoms with van der Waals surface area (Å²) in [6, 6.07) is 9.93. The van der Waals surface area contributed by atoms with Crippen molar-refractivity contribution in [1.82, 2.24) is 14.9 Å². The molecule has 3 aromatic rings. The monoisotopic (exact) mass is 315 g/mol. The van der Waals surface area contributed by atoms with Gasteiger partial charge in [-0.3, -0.25) is 4.79 Å². The molecule has 0 spiro atoms. The minimum atomic E-state index is -0.282. The van der Waals surface area contributed by atoms with Gasteiger partial charge in [0, 0.05) is 24.3 Å². The highest BCUT2D eigenvalue weighted by Gasteiger charge is 2.08. The molecule has 2 heterocycles. The van der Waals surface area contributed by atoms with Gasteiger partial charge < -0.3 is 9.88 Å². The molecule has 0 aliphatic carbocycles. The molecule has 0 unspecified atom stereocenters. The summed E-state index contributed by atoms with van der Waals surface area (Å²) in [6.45, 7) is 0.383. The first kappa shape index (κ1) is 14.5. The maximum Gasteiger partial charge on any atom is 0.226 e. The number of carbonyl (C=O) groups is 1. The lowest BCUT2D eigenvalue weighted by Crippen LogP contribution is -2.24. The normalized spacial score (nSPS) is 10.6. The van der Waals surface area contributed by atoms with Crippen LogP contribution >= 0.6 is 11.3 Å². The maximum absolute atomic E-state index is 12.8. The van der Waals surface area contributed by atoms with E-state index in [1.54, 1.807) is 12.1 Å². The van der Waals surface area contributed by atoms with E-state index >= 15 is 0 Å². The van der Waals surface area contributed by atoms with E-state index in [9.17, 15) is 9.18 Å². The SMILES string of the molecule is O=C(Cc1csc(-n2cccc2)n1)NCc1ccc(F)cc1. The first-order chi connectivity index (χ1) is 10.7. The molecule has 0 saturated carbocycles. The summed E-state index contributed by atoms with van der Waals surface area (Å²) in [6.07, 6.45) is 4.06. The van der Waals surface area contributed by atoms with Crippen LogP contribution in [0.3, 0.4) is 0 Å². The largest absolute Gasteiger partial charge is 0.352 e. The molecule has 22 heavy (non-hydrogen) atoms. The van der Waals surface area contributed by atoms with Crippen LogP contribution in [0.5, 0.6) is 0 Å². The third-order valence-corrected chi connectivity index (χ3v) is 4.01. The summed E-state index contributed by atoms with van der Waals surface area (Å²) in [7, 11) is 0. The van der Waals surface area contributed by atoms with Gasteiger partial charge in [0.25, 0.3) is 0 Å². The number of carbonyl (C=O) groups excluding carboxylic acids is 1. The van der Waals surface area contributed by atoms with Crippen LogP contribution in [0.4, 0.5) is 4.39 Å². The first-order valence-electron chi connectivity index (χ1n) is 6.79. The van der Waals surface area contributed by atoms with Gasteiger partial charge >= 0.3 is 0 Å². The number of halogens is 1. The maximum atomic E-state index is 12.8. The second-order valence-electron chi connectivity index (χ2n) is 4.79. The van der Waals surface area contributed by atoms with E-state index < -0.39 is 0 Å². The van der Waals surface area contributed by atoms with Gasteiger partial charge in [-0.1, -0.05) is 12.1 Å². The second-order valence-corrected chi connectivity index (χ2v) is 5.63. The summed E-state index contributed by atoms with van der Waals surface area (Å²) in [5, 5.41) is 5.53. The van der Waals surface area contributed by atoms with Gasteiger partial charge in [-0.05, 0) is 29.8 Å².